The average Bonchev–Trinajstić information content (AvgIpc) is 2.30. The van der Waals surface area contributed by atoms with Gasteiger partial charge in [-0.25, -0.2) is 0 Å². The summed E-state index contributed by atoms with van der Waals surface area (Å²) >= 11 is 0. The van der Waals surface area contributed by atoms with E-state index < -0.39 is 11.7 Å². The Bertz CT molecular complexity index is 349. The standard InChI is InChI=1S/C8H5NO2.Li.H/c10-7-5-3-1-2-4-6(5)9-8(7)11;;/h1-4H,(H,9,10,11);;. The number of anilines is 1. The van der Waals surface area contributed by atoms with Gasteiger partial charge in [-0.1, -0.05) is 12.1 Å². The predicted molar refractivity (Wildman–Crippen MR) is 46.6 cm³/mol. The number of carbonyl (C=O) groups is 2. The number of Topliss-reactive ketones (excluding diaryl/α,β-unsaturated/α-hetero) is 1. The summed E-state index contributed by atoms with van der Waals surface area (Å²) in [6, 6.07) is 6.85. The summed E-state index contributed by atoms with van der Waals surface area (Å²) in [5.74, 6) is -0.980. The SMILES string of the molecule is O=C1Nc2ccccc2C1=O.[LiH]. The van der Waals surface area contributed by atoms with Crippen LogP contribution in [0.15, 0.2) is 24.3 Å². The van der Waals surface area contributed by atoms with E-state index in [4.69, 9.17) is 0 Å². The van der Waals surface area contributed by atoms with E-state index in [0.717, 1.165) is 0 Å². The molecular weight excluding hydrogens is 149 g/mol. The molecular formula is C8H6LiNO2. The van der Waals surface area contributed by atoms with Crippen LogP contribution in [-0.4, -0.2) is 30.6 Å². The second-order valence-corrected chi connectivity index (χ2v) is 2.33. The van der Waals surface area contributed by atoms with Crippen LogP contribution in [0.1, 0.15) is 10.4 Å². The minimum absolute atomic E-state index is 0. The molecule has 0 aliphatic carbocycles. The Morgan fingerprint density at radius 3 is 2.42 bits per heavy atom. The number of carbonyl (C=O) groups excluding carboxylic acids is 2. The van der Waals surface area contributed by atoms with Gasteiger partial charge in [0.1, 0.15) is 0 Å². The number of ketones is 1. The van der Waals surface area contributed by atoms with E-state index in [1.165, 1.54) is 0 Å². The zero-order valence-electron chi connectivity index (χ0n) is 5.63. The van der Waals surface area contributed by atoms with Crippen LogP contribution >= 0.6 is 0 Å². The second kappa shape index (κ2) is 3.14. The molecule has 1 amide bonds. The van der Waals surface area contributed by atoms with Crippen LogP contribution in [0.5, 0.6) is 0 Å². The molecule has 0 fully saturated rings. The fraction of sp³-hybridized carbons (Fsp3) is 0. The first-order valence-electron chi connectivity index (χ1n) is 3.24. The molecule has 0 bridgehead atoms. The summed E-state index contributed by atoms with van der Waals surface area (Å²) in [6.45, 7) is 0. The molecule has 3 nitrogen and oxygen atoms in total. The molecule has 1 aromatic rings. The van der Waals surface area contributed by atoms with Gasteiger partial charge in [-0.05, 0) is 12.1 Å². The zero-order valence-corrected chi connectivity index (χ0v) is 5.63. The van der Waals surface area contributed by atoms with Gasteiger partial charge in [-0.15, -0.1) is 0 Å². The van der Waals surface area contributed by atoms with Gasteiger partial charge in [0.2, 0.25) is 0 Å². The Balaban J connectivity index is 0.000000720. The number of hydrogen-bond acceptors (Lipinski definition) is 2. The maximum absolute atomic E-state index is 11.0. The summed E-state index contributed by atoms with van der Waals surface area (Å²) in [6.07, 6.45) is 0. The van der Waals surface area contributed by atoms with E-state index in [9.17, 15) is 9.59 Å². The topological polar surface area (TPSA) is 46.2 Å². The normalized spacial score (nSPS) is 13.3. The van der Waals surface area contributed by atoms with Crippen molar-refractivity contribution in [3.63, 3.8) is 0 Å². The molecule has 12 heavy (non-hydrogen) atoms. The van der Waals surface area contributed by atoms with E-state index >= 15 is 0 Å². The first kappa shape index (κ1) is 9.05. The Morgan fingerprint density at radius 1 is 1.08 bits per heavy atom. The van der Waals surface area contributed by atoms with Crippen LogP contribution in [-0.2, 0) is 4.79 Å². The van der Waals surface area contributed by atoms with E-state index in [1.807, 2.05) is 0 Å². The van der Waals surface area contributed by atoms with Crippen molar-refractivity contribution in [1.82, 2.24) is 0 Å². The summed E-state index contributed by atoms with van der Waals surface area (Å²) in [4.78, 5) is 21.8. The first-order valence-corrected chi connectivity index (χ1v) is 3.24. The number of rotatable bonds is 0. The molecule has 1 aromatic carbocycles. The monoisotopic (exact) mass is 155 g/mol. The molecule has 0 saturated carbocycles. The van der Waals surface area contributed by atoms with E-state index in [-0.39, 0.29) is 18.9 Å². The zero-order chi connectivity index (χ0) is 7.84. The molecule has 2 rings (SSSR count). The molecule has 0 atom stereocenters. The van der Waals surface area contributed by atoms with Gasteiger partial charge < -0.3 is 5.32 Å². The third kappa shape index (κ3) is 1.18. The van der Waals surface area contributed by atoms with Gasteiger partial charge in [0.15, 0.2) is 0 Å². The number of amides is 1. The van der Waals surface area contributed by atoms with Gasteiger partial charge in [0.25, 0.3) is 11.7 Å². The van der Waals surface area contributed by atoms with Crippen molar-refractivity contribution in [2.24, 2.45) is 0 Å². The van der Waals surface area contributed by atoms with Crippen molar-refractivity contribution in [1.29, 1.82) is 0 Å². The van der Waals surface area contributed by atoms with Crippen LogP contribution in [0.2, 0.25) is 0 Å². The molecule has 4 heteroatoms. The van der Waals surface area contributed by atoms with Crippen LogP contribution < -0.4 is 5.32 Å². The number of para-hydroxylation sites is 1. The van der Waals surface area contributed by atoms with E-state index in [1.54, 1.807) is 24.3 Å². The predicted octanol–water partition coefficient (Wildman–Crippen LogP) is 0.173. The number of nitrogens with one attached hydrogen (secondary N) is 1. The van der Waals surface area contributed by atoms with Crippen molar-refractivity contribution in [2.75, 3.05) is 5.32 Å². The van der Waals surface area contributed by atoms with Crippen LogP contribution in [0.4, 0.5) is 5.69 Å². The molecule has 0 unspecified atom stereocenters. The van der Waals surface area contributed by atoms with Crippen LogP contribution in [0.3, 0.4) is 0 Å². The second-order valence-electron chi connectivity index (χ2n) is 2.33. The Morgan fingerprint density at radius 2 is 1.75 bits per heavy atom. The average molecular weight is 155 g/mol. The maximum atomic E-state index is 11.0. The number of fused-ring (bicyclic) bond motifs is 1. The molecule has 0 radical (unpaired) electrons. The summed E-state index contributed by atoms with van der Waals surface area (Å²) < 4.78 is 0. The summed E-state index contributed by atoms with van der Waals surface area (Å²) in [7, 11) is 0. The van der Waals surface area contributed by atoms with Gasteiger partial charge in [-0.2, -0.15) is 0 Å². The fourth-order valence-electron chi connectivity index (χ4n) is 1.09. The van der Waals surface area contributed by atoms with Gasteiger partial charge in [0.05, 0.1) is 11.3 Å². The van der Waals surface area contributed by atoms with Gasteiger partial charge >= 0.3 is 18.9 Å². The van der Waals surface area contributed by atoms with Crippen molar-refractivity contribution in [3.8, 4) is 0 Å². The van der Waals surface area contributed by atoms with Gasteiger partial charge in [0, 0.05) is 0 Å². The van der Waals surface area contributed by atoms with E-state index in [2.05, 4.69) is 5.32 Å². The number of benzene rings is 1. The van der Waals surface area contributed by atoms with E-state index in [0.29, 0.717) is 11.3 Å². The fourth-order valence-corrected chi connectivity index (χ4v) is 1.09. The minimum atomic E-state index is -0.536. The third-order valence-electron chi connectivity index (χ3n) is 1.63. The molecule has 1 aliphatic heterocycles. The molecule has 56 valence electrons. The Labute approximate surface area is 81.3 Å². The van der Waals surface area contributed by atoms with Crippen LogP contribution in [0.25, 0.3) is 0 Å². The number of hydrogen-bond donors (Lipinski definition) is 1. The Kier molecular flexibility index (Phi) is 2.37. The molecule has 1 N–H and O–H groups in total. The van der Waals surface area contributed by atoms with Crippen molar-refractivity contribution < 1.29 is 9.59 Å². The molecule has 0 saturated heterocycles. The summed E-state index contributed by atoms with van der Waals surface area (Å²) in [5, 5.41) is 2.46. The molecule has 0 spiro atoms. The molecule has 1 aliphatic rings. The molecule has 0 aromatic heterocycles. The molecule has 1 heterocycles. The third-order valence-corrected chi connectivity index (χ3v) is 1.63. The quantitative estimate of drug-likeness (QED) is 0.429. The van der Waals surface area contributed by atoms with Crippen molar-refractivity contribution >= 4 is 36.2 Å². The Hall–Kier alpha value is -1.04. The first-order chi connectivity index (χ1) is 5.29. The van der Waals surface area contributed by atoms with Crippen molar-refractivity contribution in [3.05, 3.63) is 29.8 Å². The van der Waals surface area contributed by atoms with Crippen LogP contribution in [0, 0.1) is 0 Å². The van der Waals surface area contributed by atoms with Gasteiger partial charge in [-0.3, -0.25) is 9.59 Å². The summed E-state index contributed by atoms with van der Waals surface area (Å²) in [5.41, 5.74) is 1.08. The van der Waals surface area contributed by atoms with Crippen molar-refractivity contribution in [2.45, 2.75) is 0 Å².